The summed E-state index contributed by atoms with van der Waals surface area (Å²) in [6, 6.07) is 66.5. The van der Waals surface area contributed by atoms with Gasteiger partial charge in [-0.3, -0.25) is 4.79 Å². The van der Waals surface area contributed by atoms with E-state index in [-0.39, 0.29) is 16.9 Å². The summed E-state index contributed by atoms with van der Waals surface area (Å²) in [6.07, 6.45) is 0. The van der Waals surface area contributed by atoms with Crippen molar-refractivity contribution in [3.05, 3.63) is 222 Å². The Balaban J connectivity index is 1.09. The third kappa shape index (κ3) is 8.80. The first-order valence-corrected chi connectivity index (χ1v) is 19.8. The van der Waals surface area contributed by atoms with Crippen molar-refractivity contribution in [1.29, 1.82) is 0 Å². The van der Waals surface area contributed by atoms with E-state index in [2.05, 4.69) is 128 Å². The van der Waals surface area contributed by atoms with Crippen molar-refractivity contribution in [3.63, 3.8) is 0 Å². The molecular formula is C54H46N2O3. The van der Waals surface area contributed by atoms with Gasteiger partial charge in [0, 0.05) is 45.3 Å². The van der Waals surface area contributed by atoms with Crippen LogP contribution < -0.4 is 14.5 Å². The van der Waals surface area contributed by atoms with Crippen molar-refractivity contribution < 1.29 is 14.6 Å². The molecule has 0 bridgehead atoms. The Morgan fingerprint density at radius 3 is 1.25 bits per heavy atom. The fraction of sp³-hybridized carbons (Fsp3) is 0.0926. The SMILES string of the molecule is Cc1ccc(C(=O)c2ccc(Oc3ccc(N(c4ccc(-c5ccc(C(C)(C)C)cc5)cc4)c4ccc(N(c5ccccc5)c5ccc(O)cc5)cc4)cc3)cc2)cc1. The number of rotatable bonds is 11. The number of anilines is 6. The Hall–Kier alpha value is -7.37. The smallest absolute Gasteiger partial charge is 0.193 e. The number of phenolic OH excluding ortho intramolecular Hbond substituents is 1. The van der Waals surface area contributed by atoms with Gasteiger partial charge in [-0.05, 0) is 150 Å². The molecule has 0 saturated carbocycles. The van der Waals surface area contributed by atoms with E-state index >= 15 is 0 Å². The van der Waals surface area contributed by atoms with Gasteiger partial charge in [-0.15, -0.1) is 0 Å². The van der Waals surface area contributed by atoms with E-state index in [0.29, 0.717) is 22.6 Å². The Labute approximate surface area is 347 Å². The van der Waals surface area contributed by atoms with Gasteiger partial charge in [-0.2, -0.15) is 0 Å². The van der Waals surface area contributed by atoms with E-state index in [1.54, 1.807) is 24.3 Å². The third-order valence-electron chi connectivity index (χ3n) is 10.5. The zero-order valence-corrected chi connectivity index (χ0v) is 33.7. The van der Waals surface area contributed by atoms with E-state index in [1.165, 1.54) is 11.1 Å². The maximum absolute atomic E-state index is 13.0. The van der Waals surface area contributed by atoms with Crippen LogP contribution in [0.2, 0.25) is 0 Å². The molecule has 0 fully saturated rings. The topological polar surface area (TPSA) is 53.0 Å². The minimum atomic E-state index is -0.0198. The van der Waals surface area contributed by atoms with Gasteiger partial charge >= 0.3 is 0 Å². The van der Waals surface area contributed by atoms with Gasteiger partial charge in [0.1, 0.15) is 17.2 Å². The monoisotopic (exact) mass is 770 g/mol. The normalized spacial score (nSPS) is 11.2. The van der Waals surface area contributed by atoms with E-state index in [1.807, 2.05) is 85.8 Å². The van der Waals surface area contributed by atoms with E-state index < -0.39 is 0 Å². The van der Waals surface area contributed by atoms with Gasteiger partial charge in [0.25, 0.3) is 0 Å². The molecule has 0 atom stereocenters. The lowest BCUT2D eigenvalue weighted by molar-refractivity contribution is 0.103. The lowest BCUT2D eigenvalue weighted by atomic mass is 9.86. The highest BCUT2D eigenvalue weighted by Crippen LogP contribution is 2.40. The standard InChI is InChI=1S/C54H46N2O3/c1-38-10-12-41(13-11-38)53(58)42-18-34-51(35-19-42)59-52-36-30-49(31-37-52)56(45-22-16-40(17-23-45)39-14-20-43(21-15-39)54(2,3)4)47-26-24-46(25-27-47)55(44-8-6-5-7-9-44)48-28-32-50(57)33-29-48/h5-37,57H,1-4H3. The van der Waals surface area contributed by atoms with Gasteiger partial charge in [0.2, 0.25) is 0 Å². The summed E-state index contributed by atoms with van der Waals surface area (Å²) in [5.74, 6) is 1.53. The highest BCUT2D eigenvalue weighted by atomic mass is 16.5. The molecule has 5 heteroatoms. The Morgan fingerprint density at radius 1 is 0.441 bits per heavy atom. The predicted molar refractivity (Wildman–Crippen MR) is 243 cm³/mol. The number of ketones is 1. The van der Waals surface area contributed by atoms with Gasteiger partial charge in [0.15, 0.2) is 5.78 Å². The summed E-state index contributed by atoms with van der Waals surface area (Å²) < 4.78 is 6.26. The van der Waals surface area contributed by atoms with Gasteiger partial charge in [-0.25, -0.2) is 0 Å². The number of ether oxygens (including phenoxy) is 1. The molecule has 0 heterocycles. The maximum Gasteiger partial charge on any atom is 0.193 e. The van der Waals surface area contributed by atoms with Crippen LogP contribution in [0.3, 0.4) is 0 Å². The second kappa shape index (κ2) is 16.6. The molecular weight excluding hydrogens is 725 g/mol. The number of aromatic hydroxyl groups is 1. The van der Waals surface area contributed by atoms with Gasteiger partial charge in [0.05, 0.1) is 0 Å². The number of benzene rings is 8. The van der Waals surface area contributed by atoms with Crippen LogP contribution in [0.4, 0.5) is 34.1 Å². The lowest BCUT2D eigenvalue weighted by Gasteiger charge is -2.28. The number of carbonyl (C=O) groups excluding carboxylic acids is 1. The molecule has 5 nitrogen and oxygen atoms in total. The summed E-state index contributed by atoms with van der Waals surface area (Å²) in [4.78, 5) is 17.4. The molecule has 0 aliphatic heterocycles. The molecule has 0 unspecified atom stereocenters. The molecule has 0 spiro atoms. The van der Waals surface area contributed by atoms with Crippen LogP contribution in [0.15, 0.2) is 200 Å². The van der Waals surface area contributed by atoms with Gasteiger partial charge in [-0.1, -0.05) is 105 Å². The van der Waals surface area contributed by atoms with Crippen LogP contribution in [-0.2, 0) is 5.41 Å². The fourth-order valence-electron chi connectivity index (χ4n) is 7.13. The van der Waals surface area contributed by atoms with Gasteiger partial charge < -0.3 is 19.6 Å². The zero-order valence-electron chi connectivity index (χ0n) is 33.7. The molecule has 0 radical (unpaired) electrons. The summed E-state index contributed by atoms with van der Waals surface area (Å²) in [7, 11) is 0. The van der Waals surface area contributed by atoms with Crippen molar-refractivity contribution in [1.82, 2.24) is 0 Å². The quantitative estimate of drug-likeness (QED) is 0.133. The van der Waals surface area contributed by atoms with Crippen molar-refractivity contribution >= 4 is 39.9 Å². The Kier molecular flexibility index (Phi) is 10.8. The maximum atomic E-state index is 13.0. The summed E-state index contributed by atoms with van der Waals surface area (Å²) >= 11 is 0. The predicted octanol–water partition coefficient (Wildman–Crippen LogP) is 14.6. The molecule has 0 saturated heterocycles. The zero-order chi connectivity index (χ0) is 40.9. The van der Waals surface area contributed by atoms with Crippen LogP contribution in [0, 0.1) is 6.92 Å². The van der Waals surface area contributed by atoms with E-state index in [9.17, 15) is 9.90 Å². The number of hydrogen-bond donors (Lipinski definition) is 1. The third-order valence-corrected chi connectivity index (χ3v) is 10.5. The van der Waals surface area contributed by atoms with E-state index in [0.717, 1.165) is 45.3 Å². The number of aryl methyl sites for hydroxylation is 1. The number of phenols is 1. The molecule has 0 aromatic heterocycles. The largest absolute Gasteiger partial charge is 0.508 e. The lowest BCUT2D eigenvalue weighted by Crippen LogP contribution is -2.12. The minimum absolute atomic E-state index is 0.0198. The number of nitrogens with zero attached hydrogens (tertiary/aromatic N) is 2. The first-order valence-electron chi connectivity index (χ1n) is 19.8. The van der Waals surface area contributed by atoms with Crippen LogP contribution in [0.25, 0.3) is 11.1 Å². The second-order valence-corrected chi connectivity index (χ2v) is 15.7. The number of para-hydroxylation sites is 1. The highest BCUT2D eigenvalue weighted by molar-refractivity contribution is 6.09. The summed E-state index contributed by atoms with van der Waals surface area (Å²) in [5, 5.41) is 10.0. The number of carbonyl (C=O) groups is 1. The summed E-state index contributed by atoms with van der Waals surface area (Å²) in [5.41, 5.74) is 12.0. The molecule has 1 N–H and O–H groups in total. The second-order valence-electron chi connectivity index (χ2n) is 15.7. The van der Waals surface area contributed by atoms with Crippen LogP contribution >= 0.6 is 0 Å². The molecule has 0 aliphatic rings. The average Bonchev–Trinajstić information content (AvgIpc) is 3.26. The number of hydrogen-bond acceptors (Lipinski definition) is 5. The molecule has 0 aliphatic carbocycles. The van der Waals surface area contributed by atoms with Crippen molar-refractivity contribution in [2.75, 3.05) is 9.80 Å². The highest BCUT2D eigenvalue weighted by Gasteiger charge is 2.18. The average molecular weight is 771 g/mol. The molecule has 8 aromatic carbocycles. The fourth-order valence-corrected chi connectivity index (χ4v) is 7.13. The molecule has 0 amide bonds. The van der Waals surface area contributed by atoms with Crippen molar-refractivity contribution in [3.8, 4) is 28.4 Å². The molecule has 290 valence electrons. The van der Waals surface area contributed by atoms with Crippen LogP contribution in [0.1, 0.15) is 47.8 Å². The molecule has 8 rings (SSSR count). The molecule has 8 aromatic rings. The van der Waals surface area contributed by atoms with Crippen molar-refractivity contribution in [2.24, 2.45) is 0 Å². The first-order chi connectivity index (χ1) is 28.6. The van der Waals surface area contributed by atoms with Crippen LogP contribution in [0.5, 0.6) is 17.2 Å². The first kappa shape index (κ1) is 38.5. The Morgan fingerprint density at radius 2 is 0.797 bits per heavy atom. The molecule has 59 heavy (non-hydrogen) atoms. The Bertz CT molecular complexity index is 2630. The van der Waals surface area contributed by atoms with E-state index in [4.69, 9.17) is 4.74 Å². The summed E-state index contributed by atoms with van der Waals surface area (Å²) in [6.45, 7) is 8.71. The van der Waals surface area contributed by atoms with Crippen molar-refractivity contribution in [2.45, 2.75) is 33.1 Å². The minimum Gasteiger partial charge on any atom is -0.508 e. The van der Waals surface area contributed by atoms with Crippen LogP contribution in [-0.4, -0.2) is 10.9 Å².